The molecule has 0 fully saturated rings. The van der Waals surface area contributed by atoms with Crippen LogP contribution < -0.4 is 5.32 Å². The molecule has 0 aromatic carbocycles. The van der Waals surface area contributed by atoms with Crippen molar-refractivity contribution in [1.82, 2.24) is 15.0 Å². The summed E-state index contributed by atoms with van der Waals surface area (Å²) in [6.07, 6.45) is 0. The quantitative estimate of drug-likeness (QED) is 0.726. The molecule has 0 saturated heterocycles. The fraction of sp³-hybridized carbons (Fsp3) is 0.278. The molecule has 0 radical (unpaired) electrons. The van der Waals surface area contributed by atoms with Crippen LogP contribution in [0.5, 0.6) is 0 Å². The van der Waals surface area contributed by atoms with Gasteiger partial charge in [0.1, 0.15) is 22.8 Å². The summed E-state index contributed by atoms with van der Waals surface area (Å²) < 4.78 is 12.3. The molecule has 0 aliphatic carbocycles. The molecule has 0 spiro atoms. The molecule has 3 aromatic rings. The number of aryl methyl sites for hydroxylation is 3. The fourth-order valence-electron chi connectivity index (χ4n) is 2.91. The molecule has 3 rings (SSSR count). The number of aromatic nitrogens is 2. The number of amides is 1. The Bertz CT molecular complexity index is 993. The summed E-state index contributed by atoms with van der Waals surface area (Å²) in [6.45, 7) is 7.17. The first-order valence-electron chi connectivity index (χ1n) is 8.01. The van der Waals surface area contributed by atoms with Gasteiger partial charge in [-0.3, -0.25) is 9.36 Å². The normalized spacial score (nSPS) is 10.9. The Morgan fingerprint density at radius 1 is 1.15 bits per heavy atom. The molecule has 2 N–H and O–H groups in total. The predicted molar refractivity (Wildman–Crippen MR) is 91.6 cm³/mol. The number of furan rings is 1. The van der Waals surface area contributed by atoms with E-state index in [4.69, 9.17) is 14.0 Å². The third-order valence-electron chi connectivity index (χ3n) is 4.14. The molecule has 0 aliphatic heterocycles. The molecule has 8 nitrogen and oxygen atoms in total. The minimum atomic E-state index is -1.06. The van der Waals surface area contributed by atoms with Crippen molar-refractivity contribution in [3.8, 4) is 5.82 Å². The third kappa shape index (κ3) is 3.13. The first-order valence-corrected chi connectivity index (χ1v) is 8.01. The van der Waals surface area contributed by atoms with Crippen molar-refractivity contribution in [3.63, 3.8) is 0 Å². The zero-order valence-electron chi connectivity index (χ0n) is 14.9. The molecular weight excluding hydrogens is 338 g/mol. The average Bonchev–Trinajstić information content (AvgIpc) is 3.23. The summed E-state index contributed by atoms with van der Waals surface area (Å²) >= 11 is 0. The molecule has 1 amide bonds. The van der Waals surface area contributed by atoms with E-state index >= 15 is 0 Å². The topological polar surface area (TPSA) is 110 Å². The molecule has 8 heteroatoms. The van der Waals surface area contributed by atoms with Gasteiger partial charge in [-0.25, -0.2) is 4.79 Å². The number of carboxylic acids is 1. The van der Waals surface area contributed by atoms with Crippen LogP contribution in [0.4, 0.5) is 0 Å². The van der Waals surface area contributed by atoms with Gasteiger partial charge in [-0.2, -0.15) is 0 Å². The number of hydrogen-bond donors (Lipinski definition) is 2. The Hall–Kier alpha value is -3.29. The van der Waals surface area contributed by atoms with E-state index in [1.165, 1.54) is 6.07 Å². The van der Waals surface area contributed by atoms with E-state index in [9.17, 15) is 9.59 Å². The van der Waals surface area contributed by atoms with Crippen LogP contribution in [0.2, 0.25) is 0 Å². The van der Waals surface area contributed by atoms with E-state index in [-0.39, 0.29) is 18.0 Å². The maximum atomic E-state index is 12.5. The van der Waals surface area contributed by atoms with Crippen LogP contribution in [0.25, 0.3) is 5.82 Å². The van der Waals surface area contributed by atoms with Crippen molar-refractivity contribution in [1.29, 1.82) is 0 Å². The number of nitrogens with zero attached hydrogens (tertiary/aromatic N) is 2. The summed E-state index contributed by atoms with van der Waals surface area (Å²) in [6, 6.07) is 4.98. The minimum absolute atomic E-state index is 0.0915. The zero-order chi connectivity index (χ0) is 19.0. The number of carboxylic acid groups (broad SMARTS) is 1. The average molecular weight is 357 g/mol. The summed E-state index contributed by atoms with van der Waals surface area (Å²) in [7, 11) is 0. The highest BCUT2D eigenvalue weighted by Crippen LogP contribution is 2.21. The lowest BCUT2D eigenvalue weighted by Crippen LogP contribution is -2.23. The Labute approximate surface area is 149 Å². The molecule has 0 aliphatic rings. The smallest absolute Gasteiger partial charge is 0.339 e. The van der Waals surface area contributed by atoms with Crippen molar-refractivity contribution in [2.24, 2.45) is 0 Å². The molecule has 0 saturated carbocycles. The first kappa shape index (κ1) is 17.5. The highest BCUT2D eigenvalue weighted by Gasteiger charge is 2.19. The van der Waals surface area contributed by atoms with Gasteiger partial charge in [0.2, 0.25) is 0 Å². The molecule has 3 aromatic heterocycles. The zero-order valence-corrected chi connectivity index (χ0v) is 14.9. The third-order valence-corrected chi connectivity index (χ3v) is 4.14. The molecule has 0 atom stereocenters. The minimum Gasteiger partial charge on any atom is -0.478 e. The Morgan fingerprint density at radius 2 is 1.88 bits per heavy atom. The first-order chi connectivity index (χ1) is 12.3. The van der Waals surface area contributed by atoms with Gasteiger partial charge in [-0.05, 0) is 39.8 Å². The molecule has 136 valence electrons. The maximum absolute atomic E-state index is 12.5. The van der Waals surface area contributed by atoms with E-state index in [0.29, 0.717) is 28.7 Å². The molecule has 0 unspecified atom stereocenters. The monoisotopic (exact) mass is 357 g/mol. The number of nitrogens with one attached hydrogen (secondary N) is 1. The van der Waals surface area contributed by atoms with Crippen LogP contribution in [0.15, 0.2) is 27.1 Å². The Morgan fingerprint density at radius 3 is 2.46 bits per heavy atom. The van der Waals surface area contributed by atoms with Crippen molar-refractivity contribution in [2.45, 2.75) is 34.2 Å². The highest BCUT2D eigenvalue weighted by atomic mass is 16.5. The summed E-state index contributed by atoms with van der Waals surface area (Å²) in [4.78, 5) is 23.6. The number of aromatic carboxylic acids is 1. The highest BCUT2D eigenvalue weighted by molar-refractivity contribution is 5.96. The van der Waals surface area contributed by atoms with Crippen molar-refractivity contribution in [2.75, 3.05) is 0 Å². The molecule has 3 heterocycles. The standard InChI is InChI=1S/C18H19N3O5/c1-9-5-14(11(3)21(9)16-6-10(2)26-20-16)17(22)19-8-13-7-15(18(23)24)12(4)25-13/h5-7H,8H2,1-4H3,(H,19,22)(H,23,24). The van der Waals surface area contributed by atoms with Gasteiger partial charge in [0, 0.05) is 17.5 Å². The van der Waals surface area contributed by atoms with Crippen LogP contribution in [-0.4, -0.2) is 26.7 Å². The van der Waals surface area contributed by atoms with Crippen molar-refractivity contribution < 1.29 is 23.6 Å². The second-order valence-electron chi connectivity index (χ2n) is 6.09. The van der Waals surface area contributed by atoms with Gasteiger partial charge >= 0.3 is 5.97 Å². The summed E-state index contributed by atoms with van der Waals surface area (Å²) in [5.74, 6) is 0.645. The van der Waals surface area contributed by atoms with Gasteiger partial charge in [-0.1, -0.05) is 5.16 Å². The van der Waals surface area contributed by atoms with Crippen LogP contribution in [0.3, 0.4) is 0 Å². The molecule has 0 bridgehead atoms. The number of hydrogen-bond acceptors (Lipinski definition) is 5. The largest absolute Gasteiger partial charge is 0.478 e. The van der Waals surface area contributed by atoms with Crippen LogP contribution in [0, 0.1) is 27.7 Å². The summed E-state index contributed by atoms with van der Waals surface area (Å²) in [5, 5.41) is 15.8. The summed E-state index contributed by atoms with van der Waals surface area (Å²) in [5.41, 5.74) is 2.18. The van der Waals surface area contributed by atoms with Crippen molar-refractivity contribution >= 4 is 11.9 Å². The maximum Gasteiger partial charge on any atom is 0.339 e. The molecular formula is C18H19N3O5. The van der Waals surface area contributed by atoms with E-state index in [0.717, 1.165) is 11.4 Å². The van der Waals surface area contributed by atoms with E-state index in [1.807, 2.05) is 18.4 Å². The van der Waals surface area contributed by atoms with Gasteiger partial charge in [-0.15, -0.1) is 0 Å². The lowest BCUT2D eigenvalue weighted by Gasteiger charge is -2.06. The van der Waals surface area contributed by atoms with Crippen LogP contribution in [-0.2, 0) is 6.54 Å². The van der Waals surface area contributed by atoms with E-state index < -0.39 is 5.97 Å². The van der Waals surface area contributed by atoms with Gasteiger partial charge in [0.15, 0.2) is 5.82 Å². The number of rotatable bonds is 5. The van der Waals surface area contributed by atoms with Crippen molar-refractivity contribution in [3.05, 3.63) is 58.0 Å². The number of carbonyl (C=O) groups excluding carboxylic acids is 1. The fourth-order valence-corrected chi connectivity index (χ4v) is 2.91. The SMILES string of the molecule is Cc1cc(-n2c(C)cc(C(=O)NCc3cc(C(=O)O)c(C)o3)c2C)no1. The second-order valence-corrected chi connectivity index (χ2v) is 6.09. The van der Waals surface area contributed by atoms with E-state index in [2.05, 4.69) is 10.5 Å². The molecule has 26 heavy (non-hydrogen) atoms. The van der Waals surface area contributed by atoms with Gasteiger partial charge < -0.3 is 19.4 Å². The Balaban J connectivity index is 1.78. The van der Waals surface area contributed by atoms with Crippen LogP contribution in [0.1, 0.15) is 49.4 Å². The Kier molecular flexibility index (Phi) is 4.41. The lowest BCUT2D eigenvalue weighted by molar-refractivity contribution is 0.0694. The predicted octanol–water partition coefficient (Wildman–Crippen LogP) is 2.92. The van der Waals surface area contributed by atoms with Gasteiger partial charge in [0.05, 0.1) is 12.1 Å². The lowest BCUT2D eigenvalue weighted by atomic mass is 10.2. The number of carbonyl (C=O) groups is 2. The van der Waals surface area contributed by atoms with Gasteiger partial charge in [0.25, 0.3) is 5.91 Å². The van der Waals surface area contributed by atoms with Crippen LogP contribution >= 0.6 is 0 Å². The second kappa shape index (κ2) is 6.55. The van der Waals surface area contributed by atoms with E-state index in [1.54, 1.807) is 26.0 Å².